The Morgan fingerprint density at radius 2 is 2.16 bits per heavy atom. The van der Waals surface area contributed by atoms with Crippen LogP contribution in [-0.2, 0) is 22.4 Å². The number of rotatable bonds is 4. The third kappa shape index (κ3) is 4.05. The summed E-state index contributed by atoms with van der Waals surface area (Å²) in [6, 6.07) is 4.01. The number of halogens is 1. The van der Waals surface area contributed by atoms with E-state index >= 15 is 0 Å². The van der Waals surface area contributed by atoms with Gasteiger partial charge in [0, 0.05) is 22.9 Å². The zero-order chi connectivity index (χ0) is 14.0. The third-order valence-corrected chi connectivity index (χ3v) is 3.34. The maximum Gasteiger partial charge on any atom is 0.162 e. The first-order valence-electron chi connectivity index (χ1n) is 6.45. The molecule has 1 aromatic rings. The van der Waals surface area contributed by atoms with E-state index in [-0.39, 0.29) is 18.0 Å². The largest absolute Gasteiger partial charge is 0.493 e. The second-order valence-electron chi connectivity index (χ2n) is 5.77. The Bertz CT molecular complexity index is 489. The van der Waals surface area contributed by atoms with Crippen molar-refractivity contribution in [1.82, 2.24) is 0 Å². The average Bonchev–Trinajstić information content (AvgIpc) is 2.73. The normalized spacial score (nSPS) is 14.1. The van der Waals surface area contributed by atoms with Gasteiger partial charge in [0.2, 0.25) is 0 Å². The van der Waals surface area contributed by atoms with Gasteiger partial charge in [-0.1, -0.05) is 15.9 Å². The SMILES string of the molecule is CC(C)(C)OCC(=O)Cc1cc(Br)cc2c1OCC2. The van der Waals surface area contributed by atoms with Crippen molar-refractivity contribution in [2.75, 3.05) is 13.2 Å². The Morgan fingerprint density at radius 3 is 2.84 bits per heavy atom. The Balaban J connectivity index is 2.05. The number of hydrogen-bond donors (Lipinski definition) is 0. The number of fused-ring (bicyclic) bond motifs is 1. The van der Waals surface area contributed by atoms with Crippen molar-refractivity contribution < 1.29 is 14.3 Å². The molecule has 2 rings (SSSR count). The van der Waals surface area contributed by atoms with Gasteiger partial charge in [0.1, 0.15) is 12.4 Å². The van der Waals surface area contributed by atoms with E-state index in [1.54, 1.807) is 0 Å². The number of hydrogen-bond acceptors (Lipinski definition) is 3. The highest BCUT2D eigenvalue weighted by Crippen LogP contribution is 2.33. The number of carbonyl (C=O) groups is 1. The molecule has 0 aromatic heterocycles. The zero-order valence-corrected chi connectivity index (χ0v) is 13.2. The van der Waals surface area contributed by atoms with Gasteiger partial charge in [-0.15, -0.1) is 0 Å². The van der Waals surface area contributed by atoms with Crippen molar-refractivity contribution in [3.8, 4) is 5.75 Å². The second-order valence-corrected chi connectivity index (χ2v) is 6.68. The quantitative estimate of drug-likeness (QED) is 0.851. The van der Waals surface area contributed by atoms with E-state index in [0.717, 1.165) is 22.2 Å². The molecule has 1 heterocycles. The van der Waals surface area contributed by atoms with Crippen molar-refractivity contribution in [3.05, 3.63) is 27.7 Å². The molecule has 0 fully saturated rings. The summed E-state index contributed by atoms with van der Waals surface area (Å²) in [5.41, 5.74) is 1.84. The summed E-state index contributed by atoms with van der Waals surface area (Å²) in [5, 5.41) is 0. The molecule has 4 heteroatoms. The van der Waals surface area contributed by atoms with Gasteiger partial charge in [0.25, 0.3) is 0 Å². The molecule has 0 radical (unpaired) electrons. The smallest absolute Gasteiger partial charge is 0.162 e. The lowest BCUT2D eigenvalue weighted by molar-refractivity contribution is -0.127. The molecule has 0 atom stereocenters. The standard InChI is InChI=1S/C15H19BrO3/c1-15(2,3)19-9-13(17)8-11-7-12(16)6-10-4-5-18-14(10)11/h6-7H,4-5,8-9H2,1-3H3. The molecular weight excluding hydrogens is 308 g/mol. The van der Waals surface area contributed by atoms with Crippen LogP contribution in [0.4, 0.5) is 0 Å². The molecule has 3 nitrogen and oxygen atoms in total. The fraction of sp³-hybridized carbons (Fsp3) is 0.533. The zero-order valence-electron chi connectivity index (χ0n) is 11.6. The van der Waals surface area contributed by atoms with Crippen LogP contribution in [0.1, 0.15) is 31.9 Å². The minimum absolute atomic E-state index is 0.0747. The minimum atomic E-state index is -0.286. The second kappa shape index (κ2) is 5.63. The molecule has 1 aliphatic heterocycles. The maximum atomic E-state index is 12.0. The lowest BCUT2D eigenvalue weighted by Gasteiger charge is -2.19. The summed E-state index contributed by atoms with van der Waals surface area (Å²) < 4.78 is 12.1. The highest BCUT2D eigenvalue weighted by atomic mass is 79.9. The topological polar surface area (TPSA) is 35.5 Å². The van der Waals surface area contributed by atoms with Crippen molar-refractivity contribution in [2.45, 2.75) is 39.2 Å². The molecule has 104 valence electrons. The number of carbonyl (C=O) groups excluding carboxylic acids is 1. The molecule has 0 aliphatic carbocycles. The highest BCUT2D eigenvalue weighted by Gasteiger charge is 2.20. The number of Topliss-reactive ketones (excluding diaryl/α,β-unsaturated/α-hetero) is 1. The van der Waals surface area contributed by atoms with Gasteiger partial charge < -0.3 is 9.47 Å². The van der Waals surface area contributed by atoms with Crippen LogP contribution in [0.2, 0.25) is 0 Å². The van der Waals surface area contributed by atoms with E-state index < -0.39 is 0 Å². The fourth-order valence-corrected chi connectivity index (χ4v) is 2.59. The van der Waals surface area contributed by atoms with Crippen LogP contribution in [0.5, 0.6) is 5.75 Å². The Morgan fingerprint density at radius 1 is 1.42 bits per heavy atom. The van der Waals surface area contributed by atoms with Gasteiger partial charge in [-0.25, -0.2) is 0 Å². The molecule has 0 spiro atoms. The first-order valence-corrected chi connectivity index (χ1v) is 7.24. The van der Waals surface area contributed by atoms with E-state index in [1.165, 1.54) is 5.56 Å². The lowest BCUT2D eigenvalue weighted by Crippen LogP contribution is -2.24. The van der Waals surface area contributed by atoms with Crippen LogP contribution in [0.25, 0.3) is 0 Å². The average molecular weight is 327 g/mol. The molecule has 0 unspecified atom stereocenters. The van der Waals surface area contributed by atoms with E-state index in [4.69, 9.17) is 9.47 Å². The molecule has 1 aromatic carbocycles. The molecule has 0 N–H and O–H groups in total. The Kier molecular flexibility index (Phi) is 4.31. The van der Waals surface area contributed by atoms with Gasteiger partial charge in [-0.2, -0.15) is 0 Å². The Labute approximate surface area is 122 Å². The fourth-order valence-electron chi connectivity index (χ4n) is 2.04. The molecule has 0 saturated heterocycles. The van der Waals surface area contributed by atoms with Crippen LogP contribution < -0.4 is 4.74 Å². The van der Waals surface area contributed by atoms with E-state index in [2.05, 4.69) is 22.0 Å². The van der Waals surface area contributed by atoms with Gasteiger partial charge in [0.15, 0.2) is 5.78 Å². The molecule has 1 aliphatic rings. The molecular formula is C15H19BrO3. The summed E-state index contributed by atoms with van der Waals surface area (Å²) in [4.78, 5) is 12.0. The molecule has 19 heavy (non-hydrogen) atoms. The van der Waals surface area contributed by atoms with Crippen LogP contribution >= 0.6 is 15.9 Å². The van der Waals surface area contributed by atoms with Gasteiger partial charge in [-0.05, 0) is 38.5 Å². The Hall–Kier alpha value is -0.870. The molecule has 0 saturated carbocycles. The van der Waals surface area contributed by atoms with Crippen LogP contribution in [0.15, 0.2) is 16.6 Å². The first-order chi connectivity index (χ1) is 8.85. The van der Waals surface area contributed by atoms with Crippen LogP contribution in [0, 0.1) is 0 Å². The summed E-state index contributed by atoms with van der Waals surface area (Å²) >= 11 is 3.48. The van der Waals surface area contributed by atoms with Crippen molar-refractivity contribution >= 4 is 21.7 Å². The van der Waals surface area contributed by atoms with Crippen LogP contribution in [-0.4, -0.2) is 24.6 Å². The number of ketones is 1. The summed E-state index contributed by atoms with van der Waals surface area (Å²) in [5.74, 6) is 0.957. The number of ether oxygens (including phenoxy) is 2. The summed E-state index contributed by atoms with van der Waals surface area (Å²) in [7, 11) is 0. The molecule has 0 bridgehead atoms. The highest BCUT2D eigenvalue weighted by molar-refractivity contribution is 9.10. The van der Waals surface area contributed by atoms with Crippen LogP contribution in [0.3, 0.4) is 0 Å². The monoisotopic (exact) mass is 326 g/mol. The minimum Gasteiger partial charge on any atom is -0.493 e. The van der Waals surface area contributed by atoms with Crippen molar-refractivity contribution in [1.29, 1.82) is 0 Å². The van der Waals surface area contributed by atoms with Crippen molar-refractivity contribution in [3.63, 3.8) is 0 Å². The predicted octanol–water partition coefficient (Wildman–Crippen LogP) is 3.31. The van der Waals surface area contributed by atoms with Gasteiger partial charge >= 0.3 is 0 Å². The number of benzene rings is 1. The van der Waals surface area contributed by atoms with E-state index in [1.807, 2.05) is 26.8 Å². The summed E-state index contributed by atoms with van der Waals surface area (Å²) in [6.07, 6.45) is 1.27. The van der Waals surface area contributed by atoms with Crippen molar-refractivity contribution in [2.24, 2.45) is 0 Å². The summed E-state index contributed by atoms with van der Waals surface area (Å²) in [6.45, 7) is 6.68. The predicted molar refractivity (Wildman–Crippen MR) is 77.8 cm³/mol. The molecule has 0 amide bonds. The third-order valence-electron chi connectivity index (χ3n) is 2.88. The van der Waals surface area contributed by atoms with Gasteiger partial charge in [-0.3, -0.25) is 4.79 Å². The van der Waals surface area contributed by atoms with Gasteiger partial charge in [0.05, 0.1) is 12.2 Å². The van der Waals surface area contributed by atoms with E-state index in [9.17, 15) is 4.79 Å². The lowest BCUT2D eigenvalue weighted by atomic mass is 10.0. The van der Waals surface area contributed by atoms with E-state index in [0.29, 0.717) is 13.0 Å². The first kappa shape index (κ1) is 14.5. The maximum absolute atomic E-state index is 12.0.